The van der Waals surface area contributed by atoms with Gasteiger partial charge in [0.15, 0.2) is 16.1 Å². The van der Waals surface area contributed by atoms with Crippen LogP contribution in [0.2, 0.25) is 0 Å². The summed E-state index contributed by atoms with van der Waals surface area (Å²) in [6.45, 7) is 0. The number of para-hydroxylation sites is 1. The molecule has 0 aliphatic rings. The van der Waals surface area contributed by atoms with Crippen molar-refractivity contribution in [1.82, 2.24) is 19.7 Å². The van der Waals surface area contributed by atoms with E-state index in [4.69, 9.17) is 0 Å². The van der Waals surface area contributed by atoms with Crippen molar-refractivity contribution in [2.24, 2.45) is 0 Å². The zero-order chi connectivity index (χ0) is 26.5. The van der Waals surface area contributed by atoms with Crippen LogP contribution >= 0.6 is 23.1 Å². The van der Waals surface area contributed by atoms with Crippen LogP contribution < -0.4 is 5.32 Å². The lowest BCUT2D eigenvalue weighted by atomic mass is 10.1. The highest BCUT2D eigenvalue weighted by atomic mass is 32.2. The second-order valence-electron chi connectivity index (χ2n) is 8.19. The van der Waals surface area contributed by atoms with E-state index in [9.17, 15) is 18.0 Å². The van der Waals surface area contributed by atoms with Crippen molar-refractivity contribution in [1.29, 1.82) is 0 Å². The molecule has 0 aliphatic carbocycles. The average Bonchev–Trinajstić information content (AvgIpc) is 3.55. The number of rotatable bonds is 8. The van der Waals surface area contributed by atoms with Crippen molar-refractivity contribution in [2.75, 3.05) is 11.1 Å². The third-order valence-electron chi connectivity index (χ3n) is 5.44. The summed E-state index contributed by atoms with van der Waals surface area (Å²) in [7, 11) is 0. The molecule has 2 heterocycles. The maximum Gasteiger partial charge on any atom is 0.416 e. The number of nitrogens with one attached hydrogen (secondary N) is 1. The van der Waals surface area contributed by atoms with E-state index >= 15 is 0 Å². The molecule has 5 aromatic rings. The number of hydrogen-bond donors (Lipinski definition) is 1. The molecule has 0 radical (unpaired) electrons. The number of hydrogen-bond acceptors (Lipinski definition) is 6. The third-order valence-corrected chi connectivity index (χ3v) is 7.29. The molecule has 2 aromatic heterocycles. The number of alkyl halides is 3. The van der Waals surface area contributed by atoms with Crippen molar-refractivity contribution in [3.05, 3.63) is 107 Å². The van der Waals surface area contributed by atoms with E-state index in [0.717, 1.165) is 28.3 Å². The van der Waals surface area contributed by atoms with E-state index in [0.29, 0.717) is 21.7 Å². The number of aromatic nitrogens is 4. The van der Waals surface area contributed by atoms with E-state index in [2.05, 4.69) is 20.5 Å². The molecule has 0 saturated heterocycles. The van der Waals surface area contributed by atoms with Gasteiger partial charge in [0.05, 0.1) is 11.3 Å². The van der Waals surface area contributed by atoms with Crippen LogP contribution in [0.15, 0.2) is 96.3 Å². The summed E-state index contributed by atoms with van der Waals surface area (Å²) in [6.07, 6.45) is -2.55. The zero-order valence-electron chi connectivity index (χ0n) is 19.7. The first-order valence-corrected chi connectivity index (χ1v) is 13.3. The van der Waals surface area contributed by atoms with Crippen LogP contribution in [0.4, 0.5) is 18.3 Å². The molecule has 38 heavy (non-hydrogen) atoms. The van der Waals surface area contributed by atoms with Crippen LogP contribution in [-0.2, 0) is 17.4 Å². The quantitative estimate of drug-likeness (QED) is 0.217. The Kier molecular flexibility index (Phi) is 7.57. The molecule has 0 bridgehead atoms. The highest BCUT2D eigenvalue weighted by molar-refractivity contribution is 7.99. The molecule has 0 aliphatic heterocycles. The van der Waals surface area contributed by atoms with Gasteiger partial charge in [-0.25, -0.2) is 4.98 Å². The Bertz CT molecular complexity index is 1540. The molecule has 0 unspecified atom stereocenters. The molecule has 1 amide bonds. The number of amides is 1. The summed E-state index contributed by atoms with van der Waals surface area (Å²) in [6, 6.07) is 24.5. The molecule has 6 nitrogen and oxygen atoms in total. The summed E-state index contributed by atoms with van der Waals surface area (Å²) in [4.78, 5) is 17.6. The van der Waals surface area contributed by atoms with Crippen LogP contribution in [0.1, 0.15) is 16.0 Å². The van der Waals surface area contributed by atoms with E-state index in [1.54, 1.807) is 12.3 Å². The minimum absolute atomic E-state index is 0.0717. The number of carbonyl (C=O) groups is 1. The van der Waals surface area contributed by atoms with Gasteiger partial charge in [0, 0.05) is 28.7 Å². The summed E-state index contributed by atoms with van der Waals surface area (Å²) in [5.74, 6) is 0.458. The SMILES string of the molecule is O=C(CSc1nnc(-c2ccccc2)n1-c1ccccc1)Nc1ncc(Cc2cccc(C(F)(F)F)c2)s1. The van der Waals surface area contributed by atoms with Gasteiger partial charge in [0.25, 0.3) is 0 Å². The van der Waals surface area contributed by atoms with Gasteiger partial charge in [-0.2, -0.15) is 13.2 Å². The van der Waals surface area contributed by atoms with Gasteiger partial charge in [-0.1, -0.05) is 78.5 Å². The molecular formula is C27H20F3N5OS2. The maximum atomic E-state index is 13.0. The van der Waals surface area contributed by atoms with Crippen molar-refractivity contribution >= 4 is 34.1 Å². The number of carbonyl (C=O) groups excluding carboxylic acids is 1. The Hall–Kier alpha value is -3.96. The Balaban J connectivity index is 1.25. The second kappa shape index (κ2) is 11.2. The van der Waals surface area contributed by atoms with Gasteiger partial charge < -0.3 is 5.32 Å². The number of thiazole rings is 1. The van der Waals surface area contributed by atoms with Crippen molar-refractivity contribution in [3.8, 4) is 17.1 Å². The summed E-state index contributed by atoms with van der Waals surface area (Å²) < 4.78 is 40.9. The number of anilines is 1. The monoisotopic (exact) mass is 551 g/mol. The summed E-state index contributed by atoms with van der Waals surface area (Å²) >= 11 is 2.47. The fourth-order valence-electron chi connectivity index (χ4n) is 3.74. The van der Waals surface area contributed by atoms with Crippen LogP contribution in [-0.4, -0.2) is 31.4 Å². The molecule has 192 valence electrons. The fraction of sp³-hybridized carbons (Fsp3) is 0.111. The highest BCUT2D eigenvalue weighted by Gasteiger charge is 2.30. The van der Waals surface area contributed by atoms with Gasteiger partial charge in [0.1, 0.15) is 0 Å². The number of benzene rings is 3. The van der Waals surface area contributed by atoms with E-state index in [-0.39, 0.29) is 18.1 Å². The van der Waals surface area contributed by atoms with Crippen molar-refractivity contribution < 1.29 is 18.0 Å². The topological polar surface area (TPSA) is 72.7 Å². The van der Waals surface area contributed by atoms with E-state index < -0.39 is 11.7 Å². The Morgan fingerprint density at radius 3 is 2.42 bits per heavy atom. The van der Waals surface area contributed by atoms with Crippen LogP contribution in [0.5, 0.6) is 0 Å². The van der Waals surface area contributed by atoms with Gasteiger partial charge in [-0.05, 0) is 23.8 Å². The normalized spacial score (nSPS) is 11.4. The number of nitrogens with zero attached hydrogens (tertiary/aromatic N) is 4. The molecular weight excluding hydrogens is 531 g/mol. The smallest absolute Gasteiger partial charge is 0.301 e. The molecule has 1 N–H and O–H groups in total. The lowest BCUT2D eigenvalue weighted by Crippen LogP contribution is -2.14. The largest absolute Gasteiger partial charge is 0.416 e. The third kappa shape index (κ3) is 6.12. The first-order chi connectivity index (χ1) is 18.4. The Labute approximate surface area is 224 Å². The van der Waals surface area contributed by atoms with Gasteiger partial charge in [-0.3, -0.25) is 9.36 Å². The molecule has 3 aromatic carbocycles. The molecule has 5 rings (SSSR count). The Morgan fingerprint density at radius 1 is 0.947 bits per heavy atom. The Morgan fingerprint density at radius 2 is 1.68 bits per heavy atom. The molecule has 0 spiro atoms. The van der Waals surface area contributed by atoms with Crippen LogP contribution in [0.25, 0.3) is 17.1 Å². The lowest BCUT2D eigenvalue weighted by molar-refractivity contribution is -0.137. The molecule has 0 fully saturated rings. The molecule has 0 atom stereocenters. The van der Waals surface area contributed by atoms with Gasteiger partial charge >= 0.3 is 6.18 Å². The average molecular weight is 552 g/mol. The fourth-order valence-corrected chi connectivity index (χ4v) is 5.35. The number of thioether (sulfide) groups is 1. The first-order valence-electron chi connectivity index (χ1n) is 11.5. The van der Waals surface area contributed by atoms with E-state index in [1.807, 2.05) is 65.2 Å². The maximum absolute atomic E-state index is 13.0. The van der Waals surface area contributed by atoms with E-state index in [1.165, 1.54) is 29.2 Å². The summed E-state index contributed by atoms with van der Waals surface area (Å²) in [5.41, 5.74) is 1.60. The van der Waals surface area contributed by atoms with Crippen molar-refractivity contribution in [2.45, 2.75) is 17.8 Å². The minimum Gasteiger partial charge on any atom is -0.301 e. The minimum atomic E-state index is -4.40. The van der Waals surface area contributed by atoms with Crippen molar-refractivity contribution in [3.63, 3.8) is 0 Å². The van der Waals surface area contributed by atoms with Crippen LogP contribution in [0.3, 0.4) is 0 Å². The van der Waals surface area contributed by atoms with Gasteiger partial charge in [-0.15, -0.1) is 21.5 Å². The second-order valence-corrected chi connectivity index (χ2v) is 10.2. The highest BCUT2D eigenvalue weighted by Crippen LogP contribution is 2.31. The lowest BCUT2D eigenvalue weighted by Gasteiger charge is -2.10. The zero-order valence-corrected chi connectivity index (χ0v) is 21.4. The predicted molar refractivity (Wildman–Crippen MR) is 143 cm³/mol. The van der Waals surface area contributed by atoms with Crippen LogP contribution in [0, 0.1) is 0 Å². The molecule has 0 saturated carbocycles. The predicted octanol–water partition coefficient (Wildman–Crippen LogP) is 6.73. The molecule has 11 heteroatoms. The van der Waals surface area contributed by atoms with Gasteiger partial charge in [0.2, 0.25) is 5.91 Å². The first kappa shape index (κ1) is 25.7. The number of halogens is 3. The summed E-state index contributed by atoms with van der Waals surface area (Å²) in [5, 5.41) is 12.4. The standard InChI is InChI=1S/C27H20F3N5OS2/c28-27(29,30)20-11-7-8-18(14-20)15-22-16-31-25(38-22)32-23(36)17-37-26-34-33-24(19-9-3-1-4-10-19)35(26)21-12-5-2-6-13-21/h1-14,16H,15,17H2,(H,31,32,36).